The molecule has 0 aliphatic heterocycles. The quantitative estimate of drug-likeness (QED) is 0.429. The van der Waals surface area contributed by atoms with Gasteiger partial charge in [-0.3, -0.25) is 0 Å². The van der Waals surface area contributed by atoms with Crippen molar-refractivity contribution in [2.45, 2.75) is 0 Å². The smallest absolute Gasteiger partial charge is 0.169 e. The Labute approximate surface area is 141 Å². The predicted molar refractivity (Wildman–Crippen MR) is 86.0 cm³/mol. The summed E-state index contributed by atoms with van der Waals surface area (Å²) in [6.45, 7) is 0. The fourth-order valence-electron chi connectivity index (χ4n) is 2.21. The predicted octanol–water partition coefficient (Wildman–Crippen LogP) is 5.64. The van der Waals surface area contributed by atoms with E-state index in [9.17, 15) is 17.6 Å². The van der Waals surface area contributed by atoms with E-state index < -0.39 is 23.3 Å². The molecule has 0 saturated heterocycles. The molecule has 0 amide bonds. The molecule has 2 nitrogen and oxygen atoms in total. The van der Waals surface area contributed by atoms with Gasteiger partial charge in [0.05, 0.1) is 0 Å². The summed E-state index contributed by atoms with van der Waals surface area (Å²) in [5, 5.41) is 0.569. The number of thiazole rings is 2. The minimum atomic E-state index is -0.977. The molecule has 0 N–H and O–H groups in total. The molecule has 0 bridgehead atoms. The van der Waals surface area contributed by atoms with Gasteiger partial charge < -0.3 is 0 Å². The third kappa shape index (κ3) is 2.38. The molecule has 2 aromatic carbocycles. The molecule has 0 atom stereocenters. The lowest BCUT2D eigenvalue weighted by Gasteiger charge is -2.00. The minimum Gasteiger partial charge on any atom is -0.223 e. The van der Waals surface area contributed by atoms with Crippen LogP contribution in [0.25, 0.3) is 30.8 Å². The van der Waals surface area contributed by atoms with Gasteiger partial charge in [0.2, 0.25) is 0 Å². The topological polar surface area (TPSA) is 25.8 Å². The Balaban J connectivity index is 1.81. The normalized spacial score (nSPS) is 11.3. The first kappa shape index (κ1) is 15.2. The van der Waals surface area contributed by atoms with Crippen LogP contribution in [0.1, 0.15) is 0 Å². The van der Waals surface area contributed by atoms with Crippen LogP contribution in [0, 0.1) is 23.3 Å². The summed E-state index contributed by atoms with van der Waals surface area (Å²) in [4.78, 5) is 9.38. The maximum atomic E-state index is 13.8. The van der Waals surface area contributed by atoms with Crippen molar-refractivity contribution in [2.24, 2.45) is 0 Å². The van der Waals surface area contributed by atoms with Crippen molar-refractivity contribution in [2.75, 3.05) is 0 Å². The first-order chi connectivity index (χ1) is 11.5. The van der Waals surface area contributed by atoms with Crippen molar-refractivity contribution in [1.29, 1.82) is 0 Å². The van der Waals surface area contributed by atoms with E-state index in [1.54, 1.807) is 0 Å². The maximum Gasteiger partial charge on any atom is 0.169 e. The molecule has 0 spiro atoms. The number of fused-ring (bicyclic) bond motifs is 1. The van der Waals surface area contributed by atoms with Crippen LogP contribution in [-0.4, -0.2) is 9.97 Å². The number of hydrogen-bond donors (Lipinski definition) is 0. The molecule has 0 aliphatic rings. The summed E-state index contributed by atoms with van der Waals surface area (Å²) in [6.07, 6.45) is 0. The van der Waals surface area contributed by atoms with Gasteiger partial charge in [-0.25, -0.2) is 27.5 Å². The Bertz CT molecular complexity index is 959. The van der Waals surface area contributed by atoms with Gasteiger partial charge in [0.25, 0.3) is 0 Å². The molecular formula is C16H6F4N2S2. The molecular weight excluding hydrogens is 360 g/mol. The zero-order chi connectivity index (χ0) is 16.8. The molecule has 4 rings (SSSR count). The summed E-state index contributed by atoms with van der Waals surface area (Å²) in [5.41, 5.74) is 0.0902. The van der Waals surface area contributed by atoms with E-state index in [1.807, 2.05) is 0 Å². The second-order valence-electron chi connectivity index (χ2n) is 4.85. The van der Waals surface area contributed by atoms with E-state index in [1.165, 1.54) is 24.3 Å². The van der Waals surface area contributed by atoms with Gasteiger partial charge in [-0.2, -0.15) is 0 Å². The summed E-state index contributed by atoms with van der Waals surface area (Å²) in [7, 11) is 0. The minimum absolute atomic E-state index is 0.0451. The molecule has 120 valence electrons. The largest absolute Gasteiger partial charge is 0.223 e. The van der Waals surface area contributed by atoms with Crippen molar-refractivity contribution in [3.63, 3.8) is 0 Å². The number of nitrogens with zero attached hydrogens (tertiary/aromatic N) is 2. The molecule has 0 radical (unpaired) electrons. The Morgan fingerprint density at radius 2 is 1.04 bits per heavy atom. The fourth-order valence-corrected chi connectivity index (χ4v) is 4.29. The molecule has 8 heteroatoms. The lowest BCUT2D eigenvalue weighted by atomic mass is 10.2. The van der Waals surface area contributed by atoms with Gasteiger partial charge in [0, 0.05) is 11.1 Å². The van der Waals surface area contributed by atoms with Crippen molar-refractivity contribution < 1.29 is 17.6 Å². The lowest BCUT2D eigenvalue weighted by Crippen LogP contribution is -1.88. The summed E-state index contributed by atoms with van der Waals surface area (Å²) >= 11 is 2.13. The fraction of sp³-hybridized carbons (Fsp3) is 0. The van der Waals surface area contributed by atoms with Crippen LogP contribution in [0.4, 0.5) is 17.6 Å². The third-order valence-corrected chi connectivity index (χ3v) is 5.43. The van der Waals surface area contributed by atoms with E-state index in [2.05, 4.69) is 9.97 Å². The van der Waals surface area contributed by atoms with Gasteiger partial charge in [0.15, 0.2) is 32.9 Å². The Hall–Kier alpha value is -2.32. The molecule has 0 aliphatic carbocycles. The van der Waals surface area contributed by atoms with Gasteiger partial charge in [-0.15, -0.1) is 0 Å². The van der Waals surface area contributed by atoms with Crippen LogP contribution in [0.3, 0.4) is 0 Å². The van der Waals surface area contributed by atoms with E-state index in [0.717, 1.165) is 34.8 Å². The highest BCUT2D eigenvalue weighted by Crippen LogP contribution is 2.38. The number of halogens is 4. The summed E-state index contributed by atoms with van der Waals surface area (Å²) in [5.74, 6) is -3.87. The number of rotatable bonds is 2. The molecule has 4 aromatic rings. The van der Waals surface area contributed by atoms with Crippen molar-refractivity contribution >= 4 is 32.3 Å². The first-order valence-corrected chi connectivity index (χ1v) is 8.34. The highest BCUT2D eigenvalue weighted by Gasteiger charge is 2.19. The van der Waals surface area contributed by atoms with Crippen LogP contribution in [0.5, 0.6) is 0 Å². The first-order valence-electron chi connectivity index (χ1n) is 6.70. The highest BCUT2D eigenvalue weighted by molar-refractivity contribution is 7.29. The van der Waals surface area contributed by atoms with E-state index in [4.69, 9.17) is 0 Å². The Morgan fingerprint density at radius 1 is 0.625 bits per heavy atom. The number of benzene rings is 2. The van der Waals surface area contributed by atoms with Crippen LogP contribution in [-0.2, 0) is 0 Å². The summed E-state index contributed by atoms with van der Waals surface area (Å²) in [6, 6.07) is 7.69. The van der Waals surface area contributed by atoms with E-state index in [-0.39, 0.29) is 21.1 Å². The second-order valence-corrected chi connectivity index (χ2v) is 6.81. The van der Waals surface area contributed by atoms with E-state index >= 15 is 0 Å². The van der Waals surface area contributed by atoms with Gasteiger partial charge in [0.1, 0.15) is 10.0 Å². The molecule has 24 heavy (non-hydrogen) atoms. The number of aromatic nitrogens is 2. The lowest BCUT2D eigenvalue weighted by molar-refractivity contribution is 0.511. The SMILES string of the molecule is Fc1cccc(-c2nc3sc(-c4cccc(F)c4F)nc3s2)c1F. The van der Waals surface area contributed by atoms with Crippen LogP contribution >= 0.6 is 22.7 Å². The average Bonchev–Trinajstić information content (AvgIpc) is 3.11. The van der Waals surface area contributed by atoms with Crippen LogP contribution in [0.2, 0.25) is 0 Å². The standard InChI is InChI=1S/C16H6F4N2S2/c17-9-5-1-3-7(11(9)19)13-21-15-16(23-13)22-14(24-15)8-4-2-6-10(18)12(8)20/h1-6H. The zero-order valence-corrected chi connectivity index (χ0v) is 13.3. The van der Waals surface area contributed by atoms with Gasteiger partial charge >= 0.3 is 0 Å². The highest BCUT2D eigenvalue weighted by atomic mass is 32.1. The maximum absolute atomic E-state index is 13.8. The second kappa shape index (κ2) is 5.64. The zero-order valence-electron chi connectivity index (χ0n) is 11.7. The van der Waals surface area contributed by atoms with Crippen LogP contribution < -0.4 is 0 Å². The Kier molecular flexibility index (Phi) is 3.58. The summed E-state index contributed by atoms with van der Waals surface area (Å²) < 4.78 is 54.3. The third-order valence-electron chi connectivity index (χ3n) is 3.34. The van der Waals surface area contributed by atoms with E-state index in [0.29, 0.717) is 9.66 Å². The van der Waals surface area contributed by atoms with Gasteiger partial charge in [-0.05, 0) is 24.3 Å². The molecule has 0 unspecified atom stereocenters. The van der Waals surface area contributed by atoms with Crippen LogP contribution in [0.15, 0.2) is 36.4 Å². The van der Waals surface area contributed by atoms with Gasteiger partial charge in [-0.1, -0.05) is 34.8 Å². The van der Waals surface area contributed by atoms with Crippen molar-refractivity contribution in [1.82, 2.24) is 9.97 Å². The molecule has 0 fully saturated rings. The molecule has 2 heterocycles. The molecule has 0 saturated carbocycles. The average molecular weight is 366 g/mol. The van der Waals surface area contributed by atoms with Crippen molar-refractivity contribution in [3.8, 4) is 21.1 Å². The number of hydrogen-bond acceptors (Lipinski definition) is 4. The van der Waals surface area contributed by atoms with Crippen molar-refractivity contribution in [3.05, 3.63) is 59.7 Å². The molecule has 2 aromatic heterocycles. The Morgan fingerprint density at radius 3 is 1.46 bits per heavy atom. The monoisotopic (exact) mass is 366 g/mol.